The van der Waals surface area contributed by atoms with Gasteiger partial charge in [0.15, 0.2) is 34.5 Å². The number of ether oxygens (including phenoxy) is 8. The van der Waals surface area contributed by atoms with Crippen molar-refractivity contribution in [3.05, 3.63) is 88.0 Å². The Hall–Kier alpha value is -4.80. The Morgan fingerprint density at radius 2 is 1.06 bits per heavy atom. The van der Waals surface area contributed by atoms with Crippen LogP contribution in [0.4, 0.5) is 0 Å². The third-order valence-electron chi connectivity index (χ3n) is 10.4. The lowest BCUT2D eigenvalue weighted by Gasteiger charge is -2.35. The second-order valence-corrected chi connectivity index (χ2v) is 13.1. The van der Waals surface area contributed by atoms with Crippen LogP contribution in [0.1, 0.15) is 45.5 Å². The molecule has 0 aromatic heterocycles. The summed E-state index contributed by atoms with van der Waals surface area (Å²) < 4.78 is 46.9. The summed E-state index contributed by atoms with van der Waals surface area (Å²) in [7, 11) is 9.37. The summed E-state index contributed by atoms with van der Waals surface area (Å²) >= 11 is 0. The maximum atomic E-state index is 6.47. The van der Waals surface area contributed by atoms with Gasteiger partial charge in [0.25, 0.3) is 0 Å². The molecule has 8 rings (SSSR count). The summed E-state index contributed by atoms with van der Waals surface area (Å²) in [4.78, 5) is 4.79. The van der Waals surface area contributed by atoms with Crippen molar-refractivity contribution in [1.82, 2.24) is 9.80 Å². The van der Waals surface area contributed by atoms with Crippen molar-refractivity contribution in [3.8, 4) is 51.7 Å². The van der Waals surface area contributed by atoms with Gasteiger partial charge in [0.2, 0.25) is 25.1 Å². The summed E-state index contributed by atoms with van der Waals surface area (Å²) in [6, 6.07) is 19.1. The fourth-order valence-electron chi connectivity index (χ4n) is 7.72. The molecule has 2 atom stereocenters. The van der Waals surface area contributed by atoms with Gasteiger partial charge in [0.1, 0.15) is 5.75 Å². The average Bonchev–Trinajstić information content (AvgIpc) is 3.82. The van der Waals surface area contributed by atoms with Crippen LogP contribution in [0.25, 0.3) is 0 Å². The summed E-state index contributed by atoms with van der Waals surface area (Å²) in [6.45, 7) is 2.31. The standard InChI is InChI=1S/C39H42N2O8/c1-40-14-12-26-28(19-34(43-4)38-36(26)45-21-47-38)30(40)16-23-6-9-25(10-7-23)49-33-18-24(8-11-32(33)42-3)17-31-29-20-35(44-5)39-37(46-22-48-39)27(29)13-15-41(31)2/h6-11,18-20,30-31H,12-17,21-22H2,1-5H3/t30-,31-/m0/s1. The third kappa shape index (κ3) is 5.62. The molecule has 49 heavy (non-hydrogen) atoms. The lowest BCUT2D eigenvalue weighted by molar-refractivity contribution is 0.169. The number of nitrogens with zero attached hydrogens (tertiary/aromatic N) is 2. The van der Waals surface area contributed by atoms with Crippen molar-refractivity contribution in [1.29, 1.82) is 0 Å². The lowest BCUT2D eigenvalue weighted by Crippen LogP contribution is -2.33. The van der Waals surface area contributed by atoms with Crippen molar-refractivity contribution in [2.45, 2.75) is 37.8 Å². The Bertz CT molecular complexity index is 1880. The molecule has 0 amide bonds. The van der Waals surface area contributed by atoms with E-state index in [1.54, 1.807) is 21.3 Å². The van der Waals surface area contributed by atoms with Crippen LogP contribution in [0.15, 0.2) is 54.6 Å². The van der Waals surface area contributed by atoms with E-state index in [0.717, 1.165) is 67.3 Å². The van der Waals surface area contributed by atoms with Gasteiger partial charge in [-0.25, -0.2) is 0 Å². The predicted molar refractivity (Wildman–Crippen MR) is 183 cm³/mol. The zero-order chi connectivity index (χ0) is 33.6. The van der Waals surface area contributed by atoms with E-state index in [4.69, 9.17) is 37.9 Å². The number of benzene rings is 4. The molecule has 0 radical (unpaired) electrons. The van der Waals surface area contributed by atoms with Crippen LogP contribution >= 0.6 is 0 Å². The number of hydrogen-bond acceptors (Lipinski definition) is 10. The zero-order valence-electron chi connectivity index (χ0n) is 28.7. The Labute approximate surface area is 286 Å². The molecule has 0 bridgehead atoms. The monoisotopic (exact) mass is 666 g/mol. The van der Waals surface area contributed by atoms with Crippen molar-refractivity contribution in [2.24, 2.45) is 0 Å². The minimum Gasteiger partial charge on any atom is -0.493 e. The highest BCUT2D eigenvalue weighted by atomic mass is 16.7. The van der Waals surface area contributed by atoms with Gasteiger partial charge in [0, 0.05) is 36.3 Å². The lowest BCUT2D eigenvalue weighted by atomic mass is 9.87. The topological polar surface area (TPSA) is 80.3 Å². The van der Waals surface area contributed by atoms with Gasteiger partial charge in [0.05, 0.1) is 21.3 Å². The van der Waals surface area contributed by atoms with Crippen LogP contribution in [0, 0.1) is 0 Å². The molecule has 4 aromatic carbocycles. The van der Waals surface area contributed by atoms with Crippen molar-refractivity contribution in [2.75, 3.05) is 62.1 Å². The fourth-order valence-corrected chi connectivity index (χ4v) is 7.72. The molecule has 0 spiro atoms. The van der Waals surface area contributed by atoms with Gasteiger partial charge in [-0.2, -0.15) is 0 Å². The maximum Gasteiger partial charge on any atom is 0.231 e. The highest BCUT2D eigenvalue weighted by molar-refractivity contribution is 5.63. The third-order valence-corrected chi connectivity index (χ3v) is 10.4. The second-order valence-electron chi connectivity index (χ2n) is 13.1. The Morgan fingerprint density at radius 1 is 0.571 bits per heavy atom. The number of rotatable bonds is 9. The van der Waals surface area contributed by atoms with Crippen molar-refractivity contribution in [3.63, 3.8) is 0 Å². The number of methoxy groups -OCH3 is 3. The SMILES string of the molecule is COc1ccc(C[C@H]2c3cc(OC)c4c(c3CCN2C)OCO4)cc1Oc1ccc(C[C@H]2c3cc(OC)c4c(c3CCN2C)OCO4)cc1. The van der Waals surface area contributed by atoms with E-state index in [0.29, 0.717) is 28.7 Å². The fraction of sp³-hybridized carbons (Fsp3) is 0.385. The summed E-state index contributed by atoms with van der Waals surface area (Å²) in [5, 5.41) is 0. The number of fused-ring (bicyclic) bond motifs is 6. The van der Waals surface area contributed by atoms with Crippen LogP contribution in [-0.4, -0.2) is 71.9 Å². The maximum absolute atomic E-state index is 6.47. The number of hydrogen-bond donors (Lipinski definition) is 0. The van der Waals surface area contributed by atoms with Crippen LogP contribution < -0.4 is 37.9 Å². The molecule has 4 heterocycles. The molecule has 4 aromatic rings. The van der Waals surface area contributed by atoms with E-state index in [2.05, 4.69) is 60.3 Å². The average molecular weight is 667 g/mol. The highest BCUT2D eigenvalue weighted by Gasteiger charge is 2.35. The van der Waals surface area contributed by atoms with Crippen LogP contribution in [0.3, 0.4) is 0 Å². The van der Waals surface area contributed by atoms with Crippen LogP contribution in [0.5, 0.6) is 51.7 Å². The number of likely N-dealkylation sites (N-methyl/N-ethyl adjacent to an activating group) is 2. The van der Waals surface area contributed by atoms with Gasteiger partial charge >= 0.3 is 0 Å². The van der Waals surface area contributed by atoms with Crippen LogP contribution in [0.2, 0.25) is 0 Å². The van der Waals surface area contributed by atoms with E-state index in [1.807, 2.05) is 18.2 Å². The molecule has 0 fully saturated rings. The van der Waals surface area contributed by atoms with Gasteiger partial charge in [-0.1, -0.05) is 18.2 Å². The van der Waals surface area contributed by atoms with Gasteiger partial charge in [-0.3, -0.25) is 9.80 Å². The molecule has 4 aliphatic heterocycles. The second kappa shape index (κ2) is 12.9. The van der Waals surface area contributed by atoms with E-state index in [1.165, 1.54) is 27.8 Å². The summed E-state index contributed by atoms with van der Waals surface area (Å²) in [5.41, 5.74) is 7.21. The molecule has 4 aliphatic rings. The first-order valence-electron chi connectivity index (χ1n) is 16.8. The Kier molecular flexibility index (Phi) is 8.29. The smallest absolute Gasteiger partial charge is 0.231 e. The van der Waals surface area contributed by atoms with Crippen LogP contribution in [-0.2, 0) is 25.7 Å². The summed E-state index contributed by atoms with van der Waals surface area (Å²) in [5.74, 6) is 6.62. The van der Waals surface area contributed by atoms with Gasteiger partial charge in [-0.05, 0) is 98.4 Å². The quantitative estimate of drug-likeness (QED) is 0.197. The normalized spacial score (nSPS) is 19.3. The first kappa shape index (κ1) is 31.5. The molecule has 0 N–H and O–H groups in total. The van der Waals surface area contributed by atoms with Crippen molar-refractivity contribution >= 4 is 0 Å². The van der Waals surface area contributed by atoms with E-state index in [-0.39, 0.29) is 25.7 Å². The predicted octanol–water partition coefficient (Wildman–Crippen LogP) is 6.51. The first-order valence-corrected chi connectivity index (χ1v) is 16.8. The van der Waals surface area contributed by atoms with Gasteiger partial charge in [-0.15, -0.1) is 0 Å². The van der Waals surface area contributed by atoms with Gasteiger partial charge < -0.3 is 37.9 Å². The molecule has 0 saturated heterocycles. The molecular formula is C39H42N2O8. The minimum atomic E-state index is 0.135. The minimum absolute atomic E-state index is 0.135. The zero-order valence-corrected chi connectivity index (χ0v) is 28.7. The molecule has 10 heteroatoms. The summed E-state index contributed by atoms with van der Waals surface area (Å²) in [6.07, 6.45) is 3.43. The Balaban J connectivity index is 1.02. The van der Waals surface area contributed by atoms with Crippen molar-refractivity contribution < 1.29 is 37.9 Å². The molecular weight excluding hydrogens is 624 g/mol. The van der Waals surface area contributed by atoms with E-state index >= 15 is 0 Å². The molecule has 0 unspecified atom stereocenters. The highest BCUT2D eigenvalue weighted by Crippen LogP contribution is 2.51. The Morgan fingerprint density at radius 3 is 1.59 bits per heavy atom. The largest absolute Gasteiger partial charge is 0.493 e. The first-order chi connectivity index (χ1) is 23.9. The molecule has 10 nitrogen and oxygen atoms in total. The molecule has 0 saturated carbocycles. The van der Waals surface area contributed by atoms with E-state index < -0.39 is 0 Å². The van der Waals surface area contributed by atoms with E-state index in [9.17, 15) is 0 Å². The molecule has 0 aliphatic carbocycles. The molecule has 256 valence electrons.